The molecule has 0 aliphatic carbocycles. The molecular weight excluding hydrogens is 534 g/mol. The highest BCUT2D eigenvalue weighted by molar-refractivity contribution is 5.98. The topological polar surface area (TPSA) is 105 Å². The van der Waals surface area contributed by atoms with Gasteiger partial charge in [0, 0.05) is 32.2 Å². The summed E-state index contributed by atoms with van der Waals surface area (Å²) >= 11 is 0. The molecule has 1 N–H and O–H groups in total. The second-order valence-electron chi connectivity index (χ2n) is 13.1. The van der Waals surface area contributed by atoms with Crippen molar-refractivity contribution in [2.75, 3.05) is 25.0 Å². The van der Waals surface area contributed by atoms with Crippen LogP contribution in [0.1, 0.15) is 100 Å². The molecule has 42 heavy (non-hydrogen) atoms. The van der Waals surface area contributed by atoms with Crippen LogP contribution in [-0.4, -0.2) is 64.5 Å². The summed E-state index contributed by atoms with van der Waals surface area (Å²) in [4.78, 5) is 54.9. The Kier molecular flexibility index (Phi) is 8.99. The predicted molar refractivity (Wildman–Crippen MR) is 160 cm³/mol. The normalized spacial score (nSPS) is 17.7. The minimum atomic E-state index is -0.897. The van der Waals surface area contributed by atoms with Gasteiger partial charge in [-0.25, -0.2) is 9.59 Å². The Bertz CT molecular complexity index is 1330. The van der Waals surface area contributed by atoms with Gasteiger partial charge < -0.3 is 19.7 Å². The van der Waals surface area contributed by atoms with E-state index in [4.69, 9.17) is 9.47 Å². The van der Waals surface area contributed by atoms with Gasteiger partial charge in [-0.2, -0.15) is 0 Å². The lowest BCUT2D eigenvalue weighted by Gasteiger charge is -2.39. The molecule has 0 unspecified atom stereocenters. The maximum atomic E-state index is 13.9. The fraction of sp³-hybridized carbons (Fsp3) is 0.515. The smallest absolute Gasteiger partial charge is 0.411 e. The van der Waals surface area contributed by atoms with Crippen LogP contribution in [0.3, 0.4) is 0 Å². The molecule has 2 aromatic carbocycles. The molecule has 1 saturated heterocycles. The summed E-state index contributed by atoms with van der Waals surface area (Å²) in [5, 5.41) is 2.95. The number of likely N-dealkylation sites (tertiary alicyclic amines) is 1. The Morgan fingerprint density at radius 1 is 0.810 bits per heavy atom. The molecule has 2 aliphatic heterocycles. The van der Waals surface area contributed by atoms with Crippen molar-refractivity contribution in [1.82, 2.24) is 9.80 Å². The summed E-state index contributed by atoms with van der Waals surface area (Å²) in [6, 6.07) is 11.6. The standard InChI is InChI=1S/C33H43N3O6/c1-21(37)35-18-15-22(16-19-35)25-9-8-10-27-26(25)17-20-36(31(40)42-33(5,6)7)28(27)29(38)34-24-13-11-23(12-14-24)30(39)41-32(2,3)4/h8-14,22,28H,15-20H2,1-7H3,(H,34,38)/t28-/m1/s1. The Labute approximate surface area is 248 Å². The van der Waals surface area contributed by atoms with Crippen LogP contribution in [0.4, 0.5) is 10.5 Å². The summed E-state index contributed by atoms with van der Waals surface area (Å²) in [6.07, 6.45) is 1.76. The number of fused-ring (bicyclic) bond motifs is 1. The highest BCUT2D eigenvalue weighted by atomic mass is 16.6. The van der Waals surface area contributed by atoms with Crippen molar-refractivity contribution in [2.24, 2.45) is 0 Å². The number of hydrogen-bond donors (Lipinski definition) is 1. The van der Waals surface area contributed by atoms with E-state index < -0.39 is 29.3 Å². The van der Waals surface area contributed by atoms with Crippen molar-refractivity contribution in [3.8, 4) is 0 Å². The van der Waals surface area contributed by atoms with E-state index in [-0.39, 0.29) is 17.7 Å². The number of benzene rings is 2. The molecule has 9 heteroatoms. The lowest BCUT2D eigenvalue weighted by Crippen LogP contribution is -2.47. The summed E-state index contributed by atoms with van der Waals surface area (Å²) in [6.45, 7) is 14.2. The van der Waals surface area contributed by atoms with Crippen LogP contribution in [0.2, 0.25) is 0 Å². The van der Waals surface area contributed by atoms with E-state index >= 15 is 0 Å². The highest BCUT2D eigenvalue weighted by Crippen LogP contribution is 2.39. The molecule has 1 fully saturated rings. The van der Waals surface area contributed by atoms with Crippen LogP contribution < -0.4 is 5.32 Å². The molecule has 9 nitrogen and oxygen atoms in total. The molecule has 2 heterocycles. The van der Waals surface area contributed by atoms with Crippen molar-refractivity contribution >= 4 is 29.6 Å². The first-order valence-electron chi connectivity index (χ1n) is 14.6. The number of carbonyl (C=O) groups excluding carboxylic acids is 4. The minimum absolute atomic E-state index is 0.0902. The van der Waals surface area contributed by atoms with Crippen LogP contribution in [0.25, 0.3) is 0 Å². The van der Waals surface area contributed by atoms with Gasteiger partial charge in [-0.05, 0) is 108 Å². The van der Waals surface area contributed by atoms with Crippen LogP contribution >= 0.6 is 0 Å². The van der Waals surface area contributed by atoms with E-state index in [0.29, 0.717) is 37.3 Å². The molecule has 226 valence electrons. The van der Waals surface area contributed by atoms with E-state index in [1.165, 1.54) is 10.5 Å². The summed E-state index contributed by atoms with van der Waals surface area (Å²) in [5.41, 5.74) is 2.58. The number of hydrogen-bond acceptors (Lipinski definition) is 6. The van der Waals surface area contributed by atoms with E-state index in [9.17, 15) is 19.2 Å². The van der Waals surface area contributed by atoms with E-state index in [1.807, 2.05) is 17.0 Å². The van der Waals surface area contributed by atoms with Gasteiger partial charge in [0.15, 0.2) is 0 Å². The SMILES string of the molecule is CC(=O)N1CCC(c2cccc3c2CCN(C(=O)OC(C)(C)C)[C@H]3C(=O)Nc2ccc(C(=O)OC(C)(C)C)cc2)CC1. The first kappa shape index (κ1) is 31.1. The molecule has 2 aromatic rings. The third-order valence-electron chi connectivity index (χ3n) is 7.50. The third-order valence-corrected chi connectivity index (χ3v) is 7.50. The summed E-state index contributed by atoms with van der Waals surface area (Å²) in [5.74, 6) is -0.449. The fourth-order valence-electron chi connectivity index (χ4n) is 5.62. The molecule has 2 aliphatic rings. The van der Waals surface area contributed by atoms with Crippen molar-refractivity contribution in [1.29, 1.82) is 0 Å². The molecule has 1 atom stereocenters. The minimum Gasteiger partial charge on any atom is -0.456 e. The Balaban J connectivity index is 1.62. The second kappa shape index (κ2) is 12.2. The summed E-state index contributed by atoms with van der Waals surface area (Å²) in [7, 11) is 0. The van der Waals surface area contributed by atoms with Crippen molar-refractivity contribution < 1.29 is 28.7 Å². The highest BCUT2D eigenvalue weighted by Gasteiger charge is 2.40. The number of amides is 3. The molecule has 3 amide bonds. The first-order chi connectivity index (χ1) is 19.6. The van der Waals surface area contributed by atoms with E-state index in [0.717, 1.165) is 24.0 Å². The first-order valence-corrected chi connectivity index (χ1v) is 14.6. The maximum absolute atomic E-state index is 13.9. The monoisotopic (exact) mass is 577 g/mol. The van der Waals surface area contributed by atoms with Gasteiger partial charge >= 0.3 is 12.1 Å². The maximum Gasteiger partial charge on any atom is 0.411 e. The molecule has 0 saturated carbocycles. The predicted octanol–water partition coefficient (Wildman–Crippen LogP) is 5.84. The lowest BCUT2D eigenvalue weighted by molar-refractivity contribution is -0.129. The van der Waals surface area contributed by atoms with Crippen LogP contribution in [-0.2, 0) is 25.5 Å². The second-order valence-corrected chi connectivity index (χ2v) is 13.1. The number of anilines is 1. The Morgan fingerprint density at radius 2 is 1.40 bits per heavy atom. The third kappa shape index (κ3) is 7.49. The van der Waals surface area contributed by atoms with Crippen LogP contribution in [0.15, 0.2) is 42.5 Å². The zero-order valence-electron chi connectivity index (χ0n) is 25.8. The zero-order chi connectivity index (χ0) is 30.8. The average molecular weight is 578 g/mol. The number of carbonyl (C=O) groups is 4. The van der Waals surface area contributed by atoms with Gasteiger partial charge in [0.05, 0.1) is 5.56 Å². The number of nitrogens with zero attached hydrogens (tertiary/aromatic N) is 2. The van der Waals surface area contributed by atoms with Crippen molar-refractivity contribution in [3.63, 3.8) is 0 Å². The number of nitrogens with one attached hydrogen (secondary N) is 1. The summed E-state index contributed by atoms with van der Waals surface area (Å²) < 4.78 is 11.1. The van der Waals surface area contributed by atoms with Gasteiger partial charge in [-0.1, -0.05) is 18.2 Å². The van der Waals surface area contributed by atoms with Gasteiger partial charge in [-0.3, -0.25) is 14.5 Å². The fourth-order valence-corrected chi connectivity index (χ4v) is 5.62. The number of rotatable bonds is 4. The van der Waals surface area contributed by atoms with Gasteiger partial charge in [-0.15, -0.1) is 0 Å². The lowest BCUT2D eigenvalue weighted by atomic mass is 9.80. The van der Waals surface area contributed by atoms with Crippen molar-refractivity contribution in [3.05, 3.63) is 64.7 Å². The quantitative estimate of drug-likeness (QED) is 0.458. The number of piperidine rings is 1. The van der Waals surface area contributed by atoms with Crippen molar-refractivity contribution in [2.45, 2.75) is 90.9 Å². The van der Waals surface area contributed by atoms with Crippen LogP contribution in [0.5, 0.6) is 0 Å². The van der Waals surface area contributed by atoms with Gasteiger partial charge in [0.25, 0.3) is 5.91 Å². The van der Waals surface area contributed by atoms with Gasteiger partial charge in [0.2, 0.25) is 5.91 Å². The molecule has 0 aromatic heterocycles. The van der Waals surface area contributed by atoms with E-state index in [1.54, 1.807) is 72.7 Å². The van der Waals surface area contributed by atoms with Crippen LogP contribution in [0, 0.1) is 0 Å². The number of esters is 1. The number of ether oxygens (including phenoxy) is 2. The molecule has 0 radical (unpaired) electrons. The molecule has 0 bridgehead atoms. The molecule has 0 spiro atoms. The zero-order valence-corrected chi connectivity index (χ0v) is 25.8. The van der Waals surface area contributed by atoms with E-state index in [2.05, 4.69) is 11.4 Å². The Hall–Kier alpha value is -3.88. The largest absolute Gasteiger partial charge is 0.456 e. The Morgan fingerprint density at radius 3 is 1.98 bits per heavy atom. The molecule has 4 rings (SSSR count). The average Bonchev–Trinajstić information content (AvgIpc) is 2.90. The molecular formula is C33H43N3O6. The van der Waals surface area contributed by atoms with Gasteiger partial charge in [0.1, 0.15) is 17.2 Å².